The summed E-state index contributed by atoms with van der Waals surface area (Å²) >= 11 is 0. The van der Waals surface area contributed by atoms with Crippen LogP contribution in [0.3, 0.4) is 0 Å². The third kappa shape index (κ3) is 3.13. The molecule has 8 heteroatoms. The zero-order valence-electron chi connectivity index (χ0n) is 10.7. The molecule has 2 heterocycles. The van der Waals surface area contributed by atoms with Gasteiger partial charge in [0.25, 0.3) is 10.0 Å². The lowest BCUT2D eigenvalue weighted by Crippen LogP contribution is -2.39. The fourth-order valence-electron chi connectivity index (χ4n) is 2.21. The van der Waals surface area contributed by atoms with Gasteiger partial charge >= 0.3 is 5.97 Å². The summed E-state index contributed by atoms with van der Waals surface area (Å²) in [5.74, 6) is -0.697. The number of carboxylic acid groups (broad SMARTS) is 1. The Morgan fingerprint density at radius 1 is 1.58 bits per heavy atom. The van der Waals surface area contributed by atoms with Gasteiger partial charge in [-0.2, -0.15) is 4.31 Å². The number of hydrogen-bond donors (Lipinski definition) is 1. The summed E-state index contributed by atoms with van der Waals surface area (Å²) in [6.07, 6.45) is 4.37. The zero-order valence-corrected chi connectivity index (χ0v) is 11.5. The fraction of sp³-hybridized carbons (Fsp3) is 0.636. The van der Waals surface area contributed by atoms with E-state index in [0.717, 1.165) is 12.8 Å². The van der Waals surface area contributed by atoms with Crippen molar-refractivity contribution in [3.63, 3.8) is 0 Å². The van der Waals surface area contributed by atoms with Gasteiger partial charge in [0.15, 0.2) is 5.03 Å². The van der Waals surface area contributed by atoms with E-state index in [-0.39, 0.29) is 11.6 Å². The van der Waals surface area contributed by atoms with Gasteiger partial charge in [-0.1, -0.05) is 6.92 Å². The molecule has 1 aromatic rings. The van der Waals surface area contributed by atoms with Gasteiger partial charge in [0.05, 0.1) is 6.33 Å². The Hall–Kier alpha value is -1.41. The minimum absolute atomic E-state index is 0.0807. The Morgan fingerprint density at radius 2 is 2.32 bits per heavy atom. The molecule has 0 unspecified atom stereocenters. The standard InChI is InChI=1S/C11H17N3O4S/c1-9-3-2-4-14(5-9)19(17,18)10-6-13(8-12-10)7-11(15)16/h6,8-9H,2-5,7H2,1H3,(H,15,16)/t9-/m0/s1. The quantitative estimate of drug-likeness (QED) is 0.864. The molecular formula is C11H17N3O4S. The second-order valence-electron chi connectivity index (χ2n) is 4.89. The number of rotatable bonds is 4. The summed E-state index contributed by atoms with van der Waals surface area (Å²) in [5, 5.41) is 8.57. The van der Waals surface area contributed by atoms with Crippen LogP contribution in [-0.2, 0) is 21.4 Å². The van der Waals surface area contributed by atoms with Crippen LogP contribution in [0.4, 0.5) is 0 Å². The maximum Gasteiger partial charge on any atom is 0.323 e. The van der Waals surface area contributed by atoms with Crippen LogP contribution in [0, 0.1) is 5.92 Å². The summed E-state index contributed by atoms with van der Waals surface area (Å²) in [5.41, 5.74) is 0. The van der Waals surface area contributed by atoms with Gasteiger partial charge in [-0.25, -0.2) is 13.4 Å². The zero-order chi connectivity index (χ0) is 14.0. The van der Waals surface area contributed by atoms with E-state index in [4.69, 9.17) is 5.11 Å². The van der Waals surface area contributed by atoms with Crippen molar-refractivity contribution in [2.24, 2.45) is 5.92 Å². The van der Waals surface area contributed by atoms with E-state index in [2.05, 4.69) is 4.98 Å². The lowest BCUT2D eigenvalue weighted by molar-refractivity contribution is -0.137. The van der Waals surface area contributed by atoms with E-state index < -0.39 is 16.0 Å². The fourth-order valence-corrected chi connectivity index (χ4v) is 3.75. The van der Waals surface area contributed by atoms with Crippen molar-refractivity contribution in [1.82, 2.24) is 13.9 Å². The van der Waals surface area contributed by atoms with Crippen LogP contribution in [0.5, 0.6) is 0 Å². The average Bonchev–Trinajstić information content (AvgIpc) is 2.77. The van der Waals surface area contributed by atoms with E-state index >= 15 is 0 Å². The summed E-state index contributed by atoms with van der Waals surface area (Å²) < 4.78 is 27.3. The van der Waals surface area contributed by atoms with Gasteiger partial charge in [0.1, 0.15) is 6.54 Å². The number of aromatic nitrogens is 2. The molecule has 0 amide bonds. The predicted molar refractivity (Wildman–Crippen MR) is 67.0 cm³/mol. The second kappa shape index (κ2) is 5.30. The molecule has 19 heavy (non-hydrogen) atoms. The van der Waals surface area contributed by atoms with Crippen molar-refractivity contribution >= 4 is 16.0 Å². The number of sulfonamides is 1. The molecule has 0 saturated carbocycles. The monoisotopic (exact) mass is 287 g/mol. The topological polar surface area (TPSA) is 92.5 Å². The number of nitrogens with zero attached hydrogens (tertiary/aromatic N) is 3. The number of aliphatic carboxylic acids is 1. The summed E-state index contributed by atoms with van der Waals surface area (Å²) in [4.78, 5) is 14.4. The molecule has 1 saturated heterocycles. The molecule has 1 aliphatic heterocycles. The third-order valence-corrected chi connectivity index (χ3v) is 4.90. The molecule has 1 N–H and O–H groups in total. The molecule has 0 spiro atoms. The molecule has 1 fully saturated rings. The van der Waals surface area contributed by atoms with Crippen molar-refractivity contribution in [2.75, 3.05) is 13.1 Å². The third-order valence-electron chi connectivity index (χ3n) is 3.15. The average molecular weight is 287 g/mol. The minimum Gasteiger partial charge on any atom is -0.480 e. The molecule has 0 bridgehead atoms. The van der Waals surface area contributed by atoms with E-state index in [9.17, 15) is 13.2 Å². The Morgan fingerprint density at radius 3 is 2.95 bits per heavy atom. The first-order chi connectivity index (χ1) is 8.89. The molecule has 1 aromatic heterocycles. The van der Waals surface area contributed by atoms with E-state index in [1.165, 1.54) is 21.4 Å². The van der Waals surface area contributed by atoms with Gasteiger partial charge in [-0.3, -0.25) is 4.79 Å². The van der Waals surface area contributed by atoms with E-state index in [1.54, 1.807) is 0 Å². The largest absolute Gasteiger partial charge is 0.480 e. The van der Waals surface area contributed by atoms with Crippen LogP contribution in [0.15, 0.2) is 17.6 Å². The number of imidazole rings is 1. The molecule has 0 aromatic carbocycles. The van der Waals surface area contributed by atoms with Crippen molar-refractivity contribution in [3.05, 3.63) is 12.5 Å². The van der Waals surface area contributed by atoms with Crippen LogP contribution in [0.25, 0.3) is 0 Å². The van der Waals surface area contributed by atoms with E-state index in [0.29, 0.717) is 19.0 Å². The van der Waals surface area contributed by atoms with Gasteiger partial charge in [0, 0.05) is 19.3 Å². The Labute approximate surface area is 111 Å². The number of carboxylic acids is 1. The highest BCUT2D eigenvalue weighted by Crippen LogP contribution is 2.22. The minimum atomic E-state index is -3.60. The highest BCUT2D eigenvalue weighted by atomic mass is 32.2. The Bertz CT molecular complexity index is 566. The van der Waals surface area contributed by atoms with Crippen LogP contribution in [0.2, 0.25) is 0 Å². The van der Waals surface area contributed by atoms with Gasteiger partial charge in [-0.05, 0) is 18.8 Å². The maximum atomic E-state index is 12.3. The van der Waals surface area contributed by atoms with Crippen molar-refractivity contribution in [2.45, 2.75) is 31.3 Å². The van der Waals surface area contributed by atoms with Crippen molar-refractivity contribution in [1.29, 1.82) is 0 Å². The maximum absolute atomic E-state index is 12.3. The number of carbonyl (C=O) groups is 1. The highest BCUT2D eigenvalue weighted by Gasteiger charge is 2.30. The molecule has 2 rings (SSSR count). The first-order valence-corrected chi connectivity index (χ1v) is 7.57. The first-order valence-electron chi connectivity index (χ1n) is 6.13. The number of piperidine rings is 1. The van der Waals surface area contributed by atoms with Gasteiger partial charge in [0.2, 0.25) is 0 Å². The van der Waals surface area contributed by atoms with Gasteiger partial charge in [-0.15, -0.1) is 0 Å². The molecule has 0 radical (unpaired) electrons. The molecule has 7 nitrogen and oxygen atoms in total. The normalized spacial score (nSPS) is 21.4. The number of hydrogen-bond acceptors (Lipinski definition) is 4. The molecule has 1 atom stereocenters. The Balaban J connectivity index is 2.19. The van der Waals surface area contributed by atoms with E-state index in [1.807, 2.05) is 6.92 Å². The van der Waals surface area contributed by atoms with Crippen molar-refractivity contribution in [3.8, 4) is 0 Å². The van der Waals surface area contributed by atoms with Crippen LogP contribution < -0.4 is 0 Å². The summed E-state index contributed by atoms with van der Waals surface area (Å²) in [6, 6.07) is 0. The SMILES string of the molecule is C[C@H]1CCCN(S(=O)(=O)c2cn(CC(=O)O)cn2)C1. The van der Waals surface area contributed by atoms with Crippen LogP contribution in [0.1, 0.15) is 19.8 Å². The summed E-state index contributed by atoms with van der Waals surface area (Å²) in [7, 11) is -3.60. The predicted octanol–water partition coefficient (Wildman–Crippen LogP) is 0.388. The van der Waals surface area contributed by atoms with Crippen LogP contribution in [-0.4, -0.2) is 46.4 Å². The molecule has 106 valence electrons. The molecule has 1 aliphatic rings. The molecule has 0 aliphatic carbocycles. The molecular weight excluding hydrogens is 270 g/mol. The van der Waals surface area contributed by atoms with Crippen LogP contribution >= 0.6 is 0 Å². The first kappa shape index (κ1) is 14.0. The smallest absolute Gasteiger partial charge is 0.323 e. The lowest BCUT2D eigenvalue weighted by Gasteiger charge is -2.29. The highest BCUT2D eigenvalue weighted by molar-refractivity contribution is 7.89. The van der Waals surface area contributed by atoms with Crippen molar-refractivity contribution < 1.29 is 18.3 Å². The summed E-state index contributed by atoms with van der Waals surface area (Å²) in [6.45, 7) is 2.72. The Kier molecular flexibility index (Phi) is 3.91. The lowest BCUT2D eigenvalue weighted by atomic mass is 10.0. The second-order valence-corrected chi connectivity index (χ2v) is 6.77. The van der Waals surface area contributed by atoms with Gasteiger partial charge < -0.3 is 9.67 Å².